The first-order chi connectivity index (χ1) is 15.9. The third kappa shape index (κ3) is 5.71. The number of nitriles is 1. The predicted octanol–water partition coefficient (Wildman–Crippen LogP) is 3.11. The van der Waals surface area contributed by atoms with Crippen LogP contribution in [-0.4, -0.2) is 65.6 Å². The molecular formula is C24H31N5O4. The molecule has 1 aromatic carbocycles. The van der Waals surface area contributed by atoms with E-state index in [0.29, 0.717) is 47.1 Å². The minimum atomic E-state index is -0.197. The van der Waals surface area contributed by atoms with Gasteiger partial charge in [-0.2, -0.15) is 5.26 Å². The number of methoxy groups -OCH3 is 1. The Morgan fingerprint density at radius 3 is 2.88 bits per heavy atom. The van der Waals surface area contributed by atoms with Gasteiger partial charge < -0.3 is 24.8 Å². The first-order valence-electron chi connectivity index (χ1n) is 11.2. The van der Waals surface area contributed by atoms with Gasteiger partial charge in [-0.3, -0.25) is 4.79 Å². The summed E-state index contributed by atoms with van der Waals surface area (Å²) in [7, 11) is 1.53. The topological polar surface area (TPSA) is 121 Å². The van der Waals surface area contributed by atoms with Crippen molar-refractivity contribution in [3.8, 4) is 28.8 Å². The van der Waals surface area contributed by atoms with Crippen molar-refractivity contribution >= 4 is 11.8 Å². The second kappa shape index (κ2) is 11.0. The normalized spacial score (nSPS) is 17.1. The summed E-state index contributed by atoms with van der Waals surface area (Å²) in [6.45, 7) is 8.14. The number of phenolic OH excluding ortho intramolecular Hbond substituents is 1. The lowest BCUT2D eigenvalue weighted by Crippen LogP contribution is -2.45. The summed E-state index contributed by atoms with van der Waals surface area (Å²) in [6.07, 6.45) is 1.90. The number of carbonyl (C=O) groups excluding carboxylic acids is 1. The van der Waals surface area contributed by atoms with Gasteiger partial charge in [0.1, 0.15) is 28.8 Å². The van der Waals surface area contributed by atoms with E-state index in [1.165, 1.54) is 13.2 Å². The van der Waals surface area contributed by atoms with Crippen LogP contribution in [-0.2, 0) is 9.53 Å². The van der Waals surface area contributed by atoms with Gasteiger partial charge in [-0.1, -0.05) is 6.92 Å². The molecule has 9 nitrogen and oxygen atoms in total. The SMILES string of the molecule is CCOC(=O)C(C)CN1CCC[C@@H](Nc2nnc(-c3ccc(OC)cc3O)c(C)c2C#N)C1. The van der Waals surface area contributed by atoms with E-state index in [2.05, 4.69) is 26.5 Å². The predicted molar refractivity (Wildman–Crippen MR) is 124 cm³/mol. The van der Waals surface area contributed by atoms with Gasteiger partial charge in [0.25, 0.3) is 0 Å². The molecule has 2 aromatic rings. The van der Waals surface area contributed by atoms with Crippen LogP contribution >= 0.6 is 0 Å². The molecule has 176 valence electrons. The summed E-state index contributed by atoms with van der Waals surface area (Å²) < 4.78 is 10.3. The number of nitrogens with zero attached hydrogens (tertiary/aromatic N) is 4. The number of nitrogens with one attached hydrogen (secondary N) is 1. The van der Waals surface area contributed by atoms with Crippen LogP contribution in [0, 0.1) is 24.2 Å². The summed E-state index contributed by atoms with van der Waals surface area (Å²) in [5.41, 5.74) is 1.97. The van der Waals surface area contributed by atoms with Crippen molar-refractivity contribution in [1.82, 2.24) is 15.1 Å². The van der Waals surface area contributed by atoms with Crippen molar-refractivity contribution in [2.45, 2.75) is 39.7 Å². The van der Waals surface area contributed by atoms with Crippen LogP contribution in [0.15, 0.2) is 18.2 Å². The van der Waals surface area contributed by atoms with E-state index < -0.39 is 0 Å². The van der Waals surface area contributed by atoms with Crippen LogP contribution in [0.4, 0.5) is 5.82 Å². The van der Waals surface area contributed by atoms with Crippen molar-refractivity contribution < 1.29 is 19.4 Å². The Balaban J connectivity index is 1.75. The number of esters is 1. The molecule has 1 aliphatic rings. The van der Waals surface area contributed by atoms with Crippen molar-refractivity contribution in [2.24, 2.45) is 5.92 Å². The fourth-order valence-electron chi connectivity index (χ4n) is 4.13. The lowest BCUT2D eigenvalue weighted by Gasteiger charge is -2.34. The third-order valence-corrected chi connectivity index (χ3v) is 5.86. The van der Waals surface area contributed by atoms with E-state index in [0.717, 1.165) is 25.9 Å². The van der Waals surface area contributed by atoms with E-state index in [1.54, 1.807) is 19.1 Å². The molecule has 33 heavy (non-hydrogen) atoms. The first kappa shape index (κ1) is 24.3. The number of hydrogen-bond donors (Lipinski definition) is 2. The quantitative estimate of drug-likeness (QED) is 0.581. The summed E-state index contributed by atoms with van der Waals surface area (Å²) in [6, 6.07) is 7.23. The molecule has 1 unspecified atom stereocenters. The molecule has 0 aliphatic carbocycles. The Hall–Kier alpha value is -3.38. The average molecular weight is 454 g/mol. The van der Waals surface area contributed by atoms with Crippen molar-refractivity contribution in [3.63, 3.8) is 0 Å². The highest BCUT2D eigenvalue weighted by molar-refractivity contribution is 5.74. The van der Waals surface area contributed by atoms with Gasteiger partial charge in [-0.25, -0.2) is 0 Å². The van der Waals surface area contributed by atoms with Gasteiger partial charge in [0.2, 0.25) is 0 Å². The molecule has 0 amide bonds. The number of aromatic nitrogens is 2. The number of phenols is 1. The summed E-state index contributed by atoms with van der Waals surface area (Å²) in [5.74, 6) is 0.585. The maximum atomic E-state index is 12.0. The third-order valence-electron chi connectivity index (χ3n) is 5.86. The van der Waals surface area contributed by atoms with E-state index >= 15 is 0 Å². The average Bonchev–Trinajstić information content (AvgIpc) is 2.80. The maximum Gasteiger partial charge on any atom is 0.309 e. The molecule has 0 bridgehead atoms. The minimum Gasteiger partial charge on any atom is -0.507 e. The monoisotopic (exact) mass is 453 g/mol. The van der Waals surface area contributed by atoms with Crippen LogP contribution < -0.4 is 10.1 Å². The summed E-state index contributed by atoms with van der Waals surface area (Å²) in [4.78, 5) is 14.2. The number of rotatable bonds is 8. The molecule has 3 rings (SSSR count). The number of anilines is 1. The Kier molecular flexibility index (Phi) is 8.06. The fraction of sp³-hybridized carbons (Fsp3) is 0.500. The van der Waals surface area contributed by atoms with Crippen LogP contribution in [0.2, 0.25) is 0 Å². The lowest BCUT2D eigenvalue weighted by molar-refractivity contribution is -0.148. The van der Waals surface area contributed by atoms with E-state index in [-0.39, 0.29) is 23.7 Å². The molecule has 0 saturated carbocycles. The first-order valence-corrected chi connectivity index (χ1v) is 11.2. The molecule has 1 aliphatic heterocycles. The van der Waals surface area contributed by atoms with E-state index in [1.807, 2.05) is 13.8 Å². The van der Waals surface area contributed by atoms with Crippen LogP contribution in [0.1, 0.15) is 37.8 Å². The van der Waals surface area contributed by atoms with Gasteiger partial charge in [-0.05, 0) is 50.9 Å². The van der Waals surface area contributed by atoms with Crippen LogP contribution in [0.25, 0.3) is 11.3 Å². The molecule has 0 spiro atoms. The fourth-order valence-corrected chi connectivity index (χ4v) is 4.13. The Morgan fingerprint density at radius 2 is 2.21 bits per heavy atom. The molecular weight excluding hydrogens is 422 g/mol. The zero-order valence-electron chi connectivity index (χ0n) is 19.6. The molecule has 2 heterocycles. The zero-order valence-corrected chi connectivity index (χ0v) is 19.6. The molecule has 2 atom stereocenters. The standard InChI is InChI=1S/C24H31N5O4/c1-5-33-24(31)15(2)13-29-10-6-7-17(14-29)26-23-20(12-25)16(3)22(27-28-23)19-9-8-18(32-4)11-21(19)30/h8-9,11,15,17,30H,5-7,10,13-14H2,1-4H3,(H,26,28)/t15?,17-/m1/s1. The highest BCUT2D eigenvalue weighted by Gasteiger charge is 2.26. The zero-order chi connectivity index (χ0) is 24.0. The minimum absolute atomic E-state index is 0.00925. The molecule has 2 N–H and O–H groups in total. The highest BCUT2D eigenvalue weighted by Crippen LogP contribution is 2.34. The number of aromatic hydroxyl groups is 1. The van der Waals surface area contributed by atoms with Crippen molar-refractivity contribution in [1.29, 1.82) is 5.26 Å². The van der Waals surface area contributed by atoms with Gasteiger partial charge in [0.05, 0.1) is 19.6 Å². The Labute approximate surface area is 194 Å². The molecule has 1 saturated heterocycles. The lowest BCUT2D eigenvalue weighted by atomic mass is 10.0. The Morgan fingerprint density at radius 1 is 1.42 bits per heavy atom. The van der Waals surface area contributed by atoms with Gasteiger partial charge >= 0.3 is 5.97 Å². The number of piperidine rings is 1. The number of hydrogen-bond acceptors (Lipinski definition) is 9. The number of benzene rings is 1. The van der Waals surface area contributed by atoms with Gasteiger partial charge in [0, 0.05) is 30.8 Å². The van der Waals surface area contributed by atoms with Gasteiger partial charge in [0.15, 0.2) is 5.82 Å². The van der Waals surface area contributed by atoms with Crippen LogP contribution in [0.5, 0.6) is 11.5 Å². The smallest absolute Gasteiger partial charge is 0.309 e. The maximum absolute atomic E-state index is 12.0. The summed E-state index contributed by atoms with van der Waals surface area (Å²) in [5, 5.41) is 32.2. The van der Waals surface area contributed by atoms with E-state index in [4.69, 9.17) is 9.47 Å². The van der Waals surface area contributed by atoms with Crippen molar-refractivity contribution in [2.75, 3.05) is 38.7 Å². The number of likely N-dealkylation sites (tertiary alicyclic amines) is 1. The second-order valence-electron chi connectivity index (χ2n) is 8.29. The summed E-state index contributed by atoms with van der Waals surface area (Å²) >= 11 is 0. The molecule has 1 fully saturated rings. The largest absolute Gasteiger partial charge is 0.507 e. The van der Waals surface area contributed by atoms with Gasteiger partial charge in [-0.15, -0.1) is 10.2 Å². The molecule has 0 radical (unpaired) electrons. The van der Waals surface area contributed by atoms with Crippen molar-refractivity contribution in [3.05, 3.63) is 29.3 Å². The van der Waals surface area contributed by atoms with Crippen LogP contribution in [0.3, 0.4) is 0 Å². The molecule has 9 heteroatoms. The second-order valence-corrected chi connectivity index (χ2v) is 8.29. The highest BCUT2D eigenvalue weighted by atomic mass is 16.5. The molecule has 1 aromatic heterocycles. The number of ether oxygens (including phenoxy) is 2. The van der Waals surface area contributed by atoms with E-state index in [9.17, 15) is 15.2 Å². The Bertz CT molecular complexity index is 1040. The number of carbonyl (C=O) groups is 1.